The molecule has 4 heteroatoms. The van der Waals surface area contributed by atoms with Gasteiger partial charge in [0, 0.05) is 12.1 Å². The van der Waals surface area contributed by atoms with Gasteiger partial charge in [0.15, 0.2) is 0 Å². The van der Waals surface area contributed by atoms with Crippen LogP contribution in [-0.4, -0.2) is 23.7 Å². The summed E-state index contributed by atoms with van der Waals surface area (Å²) in [6.07, 6.45) is 0. The van der Waals surface area contributed by atoms with E-state index >= 15 is 0 Å². The molecule has 0 aromatic carbocycles. The van der Waals surface area contributed by atoms with Crippen LogP contribution in [0.15, 0.2) is 0 Å². The summed E-state index contributed by atoms with van der Waals surface area (Å²) >= 11 is 5.43. The highest BCUT2D eigenvalue weighted by Crippen LogP contribution is 2.18. The quantitative estimate of drug-likeness (QED) is 0.497. The number of halogens is 1. The van der Waals surface area contributed by atoms with E-state index < -0.39 is 0 Å². The number of rotatable bonds is 5. The Hall–Kier alpha value is 0.640. The Balaban J connectivity index is 3.70. The van der Waals surface area contributed by atoms with Crippen LogP contribution >= 0.6 is 19.4 Å². The Kier molecular flexibility index (Phi) is 6.55. The summed E-state index contributed by atoms with van der Waals surface area (Å²) in [6, 6.07) is 1.03. The van der Waals surface area contributed by atoms with Crippen molar-refractivity contribution in [1.82, 2.24) is 4.90 Å². The minimum atomic E-state index is 0.0666. The lowest BCUT2D eigenvalue weighted by atomic mass is 10.2. The summed E-state index contributed by atoms with van der Waals surface area (Å²) in [5, 5.41) is 0. The highest BCUT2D eigenvalue weighted by molar-refractivity contribution is 7.64. The minimum absolute atomic E-state index is 0.0666. The van der Waals surface area contributed by atoms with Gasteiger partial charge in [-0.3, -0.25) is 4.90 Å². The van der Waals surface area contributed by atoms with Crippen LogP contribution in [0.4, 0.5) is 0 Å². The third-order valence-corrected chi connectivity index (χ3v) is 2.16. The molecule has 68 valence electrons. The molecule has 0 bridgehead atoms. The lowest BCUT2D eigenvalue weighted by Crippen LogP contribution is -2.37. The maximum Gasteiger partial charge on any atom is 0.112 e. The van der Waals surface area contributed by atoms with E-state index in [9.17, 15) is 0 Å². The first-order valence-electron chi connectivity index (χ1n) is 3.82. The van der Waals surface area contributed by atoms with E-state index in [1.165, 1.54) is 0 Å². The molecule has 0 radical (unpaired) electrons. The van der Waals surface area contributed by atoms with E-state index in [2.05, 4.69) is 32.6 Å². The summed E-state index contributed by atoms with van der Waals surface area (Å²) in [6.45, 7) is 9.25. The number of nitrogens with zero attached hydrogens (tertiary/aromatic N) is 1. The molecule has 0 aromatic heterocycles. The van der Waals surface area contributed by atoms with Crippen molar-refractivity contribution in [3.05, 3.63) is 0 Å². The van der Waals surface area contributed by atoms with Crippen LogP contribution in [0.2, 0.25) is 0 Å². The molecule has 0 saturated carbocycles. The van der Waals surface area contributed by atoms with Crippen molar-refractivity contribution < 1.29 is 4.52 Å². The topological polar surface area (TPSA) is 12.5 Å². The first-order chi connectivity index (χ1) is 5.09. The fourth-order valence-electron chi connectivity index (χ4n) is 0.993. The van der Waals surface area contributed by atoms with Gasteiger partial charge < -0.3 is 4.52 Å². The molecule has 0 N–H and O–H groups in total. The Labute approximate surface area is 75.9 Å². The van der Waals surface area contributed by atoms with Crippen molar-refractivity contribution in [3.8, 4) is 0 Å². The molecule has 0 aliphatic carbocycles. The highest BCUT2D eigenvalue weighted by Gasteiger charge is 2.12. The predicted molar refractivity (Wildman–Crippen MR) is 52.2 cm³/mol. The van der Waals surface area contributed by atoms with E-state index in [1.54, 1.807) is 0 Å². The second-order valence-corrected chi connectivity index (χ2v) is 3.96. The molecule has 0 spiro atoms. The van der Waals surface area contributed by atoms with E-state index in [0.29, 0.717) is 18.8 Å². The lowest BCUT2D eigenvalue weighted by Gasteiger charge is -2.29. The zero-order valence-electron chi connectivity index (χ0n) is 7.60. The number of hydrogen-bond acceptors (Lipinski definition) is 2. The molecule has 0 rings (SSSR count). The van der Waals surface area contributed by atoms with Crippen LogP contribution in [0.1, 0.15) is 27.7 Å². The van der Waals surface area contributed by atoms with Crippen LogP contribution in [-0.2, 0) is 4.52 Å². The van der Waals surface area contributed by atoms with Crippen LogP contribution in [0.25, 0.3) is 0 Å². The van der Waals surface area contributed by atoms with Gasteiger partial charge >= 0.3 is 0 Å². The van der Waals surface area contributed by atoms with Crippen LogP contribution in [0, 0.1) is 0 Å². The monoisotopic (exact) mass is 197 g/mol. The predicted octanol–water partition coefficient (Wildman–Crippen LogP) is 2.83. The Morgan fingerprint density at radius 2 is 1.73 bits per heavy atom. The zero-order chi connectivity index (χ0) is 8.85. The summed E-state index contributed by atoms with van der Waals surface area (Å²) < 4.78 is 5.14. The molecular formula is C7H17ClNOP. The summed E-state index contributed by atoms with van der Waals surface area (Å²) in [4.78, 5) is 2.25. The standard InChI is InChI=1S/C7H17ClNOP/c1-6(2)9(7(3)4)5-10-11-8/h6-7,11H,5H2,1-4H3. The van der Waals surface area contributed by atoms with Crippen LogP contribution in [0.5, 0.6) is 0 Å². The van der Waals surface area contributed by atoms with Crippen molar-refractivity contribution in [2.75, 3.05) is 6.73 Å². The third-order valence-electron chi connectivity index (χ3n) is 1.59. The third kappa shape index (κ3) is 4.97. The van der Waals surface area contributed by atoms with E-state index in [0.717, 1.165) is 0 Å². The summed E-state index contributed by atoms with van der Waals surface area (Å²) in [5.74, 6) is 0. The van der Waals surface area contributed by atoms with Gasteiger partial charge in [-0.1, -0.05) is 11.2 Å². The fourth-order valence-corrected chi connectivity index (χ4v) is 1.34. The van der Waals surface area contributed by atoms with Gasteiger partial charge in [-0.15, -0.1) is 0 Å². The van der Waals surface area contributed by atoms with Gasteiger partial charge in [0.25, 0.3) is 0 Å². The van der Waals surface area contributed by atoms with Crippen molar-refractivity contribution in [1.29, 1.82) is 0 Å². The molecule has 11 heavy (non-hydrogen) atoms. The van der Waals surface area contributed by atoms with Gasteiger partial charge in [0.05, 0.1) is 0 Å². The summed E-state index contributed by atoms with van der Waals surface area (Å²) in [7, 11) is 0.0666. The van der Waals surface area contributed by atoms with Crippen molar-refractivity contribution >= 4 is 19.4 Å². The second kappa shape index (κ2) is 6.19. The van der Waals surface area contributed by atoms with Crippen molar-refractivity contribution in [3.63, 3.8) is 0 Å². The first kappa shape index (κ1) is 11.6. The molecule has 0 aromatic rings. The van der Waals surface area contributed by atoms with E-state index in [-0.39, 0.29) is 8.16 Å². The SMILES string of the molecule is CC(C)N(COPCl)C(C)C. The molecule has 0 saturated heterocycles. The van der Waals surface area contributed by atoms with Gasteiger partial charge in [-0.25, -0.2) is 0 Å². The van der Waals surface area contributed by atoms with Crippen molar-refractivity contribution in [2.24, 2.45) is 0 Å². The maximum atomic E-state index is 5.43. The Morgan fingerprint density at radius 1 is 1.27 bits per heavy atom. The van der Waals surface area contributed by atoms with Crippen LogP contribution in [0.3, 0.4) is 0 Å². The smallest absolute Gasteiger partial charge is 0.112 e. The Bertz CT molecular complexity index is 92.4. The lowest BCUT2D eigenvalue weighted by molar-refractivity contribution is 0.0806. The average Bonchev–Trinajstić information content (AvgIpc) is 1.87. The molecule has 1 atom stereocenters. The van der Waals surface area contributed by atoms with Crippen LogP contribution < -0.4 is 0 Å². The molecule has 0 aliphatic heterocycles. The molecular weight excluding hydrogens is 181 g/mol. The number of hydrogen-bond donors (Lipinski definition) is 0. The average molecular weight is 198 g/mol. The van der Waals surface area contributed by atoms with Gasteiger partial charge in [0.2, 0.25) is 0 Å². The Morgan fingerprint density at radius 3 is 2.00 bits per heavy atom. The zero-order valence-corrected chi connectivity index (χ0v) is 9.35. The molecule has 0 aliphatic rings. The van der Waals surface area contributed by atoms with Gasteiger partial charge in [0.1, 0.15) is 14.9 Å². The normalized spacial score (nSPS) is 13.1. The maximum absolute atomic E-state index is 5.43. The molecule has 1 unspecified atom stereocenters. The molecule has 0 amide bonds. The summed E-state index contributed by atoms with van der Waals surface area (Å²) in [5.41, 5.74) is 0. The van der Waals surface area contributed by atoms with E-state index in [1.807, 2.05) is 0 Å². The largest absolute Gasteiger partial charge is 0.331 e. The first-order valence-corrected chi connectivity index (χ1v) is 5.74. The fraction of sp³-hybridized carbons (Fsp3) is 1.00. The highest BCUT2D eigenvalue weighted by atomic mass is 35.7. The molecule has 0 heterocycles. The minimum Gasteiger partial charge on any atom is -0.331 e. The molecule has 0 fully saturated rings. The molecule has 2 nitrogen and oxygen atoms in total. The van der Waals surface area contributed by atoms with E-state index in [4.69, 9.17) is 15.8 Å². The van der Waals surface area contributed by atoms with Gasteiger partial charge in [-0.2, -0.15) is 0 Å². The van der Waals surface area contributed by atoms with Gasteiger partial charge in [-0.05, 0) is 27.7 Å². The van der Waals surface area contributed by atoms with Crippen molar-refractivity contribution in [2.45, 2.75) is 39.8 Å². The second-order valence-electron chi connectivity index (χ2n) is 3.05.